The lowest BCUT2D eigenvalue weighted by atomic mass is 10.2. The number of amides is 1. The van der Waals surface area contributed by atoms with Gasteiger partial charge in [-0.05, 0) is 12.0 Å². The first-order valence-corrected chi connectivity index (χ1v) is 4.80. The first-order chi connectivity index (χ1) is 7.15. The number of furan rings is 1. The zero-order valence-corrected chi connectivity index (χ0v) is 8.95. The number of nitrogens with two attached hydrogens (primary N) is 1. The summed E-state index contributed by atoms with van der Waals surface area (Å²) in [7, 11) is 0. The summed E-state index contributed by atoms with van der Waals surface area (Å²) in [4.78, 5) is 11.2. The van der Waals surface area contributed by atoms with Crippen LogP contribution in [0, 0.1) is 5.92 Å². The fourth-order valence-corrected chi connectivity index (χ4v) is 1.12. The van der Waals surface area contributed by atoms with Gasteiger partial charge in [0.2, 0.25) is 0 Å². The van der Waals surface area contributed by atoms with Crippen LogP contribution in [0.4, 0.5) is 0 Å². The van der Waals surface area contributed by atoms with Crippen LogP contribution in [-0.2, 0) is 11.3 Å². The summed E-state index contributed by atoms with van der Waals surface area (Å²) in [6.45, 7) is 5.02. The molecule has 0 radical (unpaired) electrons. The number of rotatable bonds is 5. The minimum absolute atomic E-state index is 0.286. The van der Waals surface area contributed by atoms with Crippen molar-refractivity contribution in [2.75, 3.05) is 6.61 Å². The second kappa shape index (κ2) is 5.53. The molecule has 0 bridgehead atoms. The molecule has 3 N–H and O–H groups in total. The number of nitrogens with one attached hydrogen (secondary N) is 1. The first kappa shape index (κ1) is 11.7. The smallest absolute Gasteiger partial charge is 0.268 e. The van der Waals surface area contributed by atoms with Crippen LogP contribution < -0.4 is 11.3 Å². The SMILES string of the molecule is CC(C)COCc1occc1C(=O)NN. The molecule has 0 fully saturated rings. The van der Waals surface area contributed by atoms with Crippen molar-refractivity contribution in [1.29, 1.82) is 0 Å². The summed E-state index contributed by atoms with van der Waals surface area (Å²) < 4.78 is 10.5. The second-order valence-electron chi connectivity index (χ2n) is 3.64. The van der Waals surface area contributed by atoms with E-state index in [0.29, 0.717) is 23.8 Å². The van der Waals surface area contributed by atoms with Gasteiger partial charge in [-0.25, -0.2) is 5.84 Å². The predicted octanol–water partition coefficient (Wildman–Crippen LogP) is 1.06. The van der Waals surface area contributed by atoms with Crippen molar-refractivity contribution in [1.82, 2.24) is 5.43 Å². The third-order valence-electron chi connectivity index (χ3n) is 1.81. The van der Waals surface area contributed by atoms with Gasteiger partial charge in [0.05, 0.1) is 11.8 Å². The molecule has 0 saturated carbocycles. The van der Waals surface area contributed by atoms with E-state index in [4.69, 9.17) is 15.0 Å². The molecule has 0 aliphatic carbocycles. The van der Waals surface area contributed by atoms with Gasteiger partial charge in [0.1, 0.15) is 12.4 Å². The van der Waals surface area contributed by atoms with E-state index < -0.39 is 0 Å². The molecule has 0 aromatic carbocycles. The van der Waals surface area contributed by atoms with E-state index in [-0.39, 0.29) is 12.5 Å². The maximum absolute atomic E-state index is 11.2. The molecule has 1 rings (SSSR count). The fraction of sp³-hybridized carbons (Fsp3) is 0.500. The lowest BCUT2D eigenvalue weighted by Crippen LogP contribution is -2.30. The molecule has 5 nitrogen and oxygen atoms in total. The molecule has 0 unspecified atom stereocenters. The topological polar surface area (TPSA) is 77.5 Å². The van der Waals surface area contributed by atoms with Gasteiger partial charge in [0, 0.05) is 6.61 Å². The fourth-order valence-electron chi connectivity index (χ4n) is 1.12. The maximum Gasteiger partial charge on any atom is 0.268 e. The van der Waals surface area contributed by atoms with Gasteiger partial charge in [-0.2, -0.15) is 0 Å². The minimum atomic E-state index is -0.369. The number of nitrogen functional groups attached to an aromatic ring is 1. The van der Waals surface area contributed by atoms with Crippen LogP contribution >= 0.6 is 0 Å². The Morgan fingerprint density at radius 2 is 2.40 bits per heavy atom. The average Bonchev–Trinajstić information content (AvgIpc) is 2.64. The summed E-state index contributed by atoms with van der Waals surface area (Å²) in [5.74, 6) is 5.61. The highest BCUT2D eigenvalue weighted by Gasteiger charge is 2.13. The van der Waals surface area contributed by atoms with Crippen molar-refractivity contribution >= 4 is 5.91 Å². The molecular formula is C10H16N2O3. The van der Waals surface area contributed by atoms with Gasteiger partial charge in [-0.1, -0.05) is 13.8 Å². The first-order valence-electron chi connectivity index (χ1n) is 4.80. The third-order valence-corrected chi connectivity index (χ3v) is 1.81. The summed E-state index contributed by atoms with van der Waals surface area (Å²) in [5.41, 5.74) is 2.47. The summed E-state index contributed by atoms with van der Waals surface area (Å²) in [6, 6.07) is 1.57. The van der Waals surface area contributed by atoms with E-state index in [1.807, 2.05) is 0 Å². The van der Waals surface area contributed by atoms with Gasteiger partial charge < -0.3 is 9.15 Å². The quantitative estimate of drug-likeness (QED) is 0.434. The summed E-state index contributed by atoms with van der Waals surface area (Å²) in [6.07, 6.45) is 1.44. The molecule has 0 saturated heterocycles. The monoisotopic (exact) mass is 212 g/mol. The van der Waals surface area contributed by atoms with Gasteiger partial charge in [-0.15, -0.1) is 0 Å². The number of hydrogen-bond donors (Lipinski definition) is 2. The van der Waals surface area contributed by atoms with Crippen molar-refractivity contribution < 1.29 is 13.9 Å². The average molecular weight is 212 g/mol. The van der Waals surface area contributed by atoms with E-state index >= 15 is 0 Å². The Balaban J connectivity index is 2.54. The highest BCUT2D eigenvalue weighted by molar-refractivity contribution is 5.94. The van der Waals surface area contributed by atoms with Crippen LogP contribution in [0.25, 0.3) is 0 Å². The van der Waals surface area contributed by atoms with Crippen molar-refractivity contribution in [2.45, 2.75) is 20.5 Å². The Morgan fingerprint density at radius 1 is 1.67 bits per heavy atom. The number of carbonyl (C=O) groups is 1. The Morgan fingerprint density at radius 3 is 3.00 bits per heavy atom. The van der Waals surface area contributed by atoms with E-state index in [1.165, 1.54) is 6.26 Å². The molecule has 1 amide bonds. The molecule has 0 atom stereocenters. The lowest BCUT2D eigenvalue weighted by Gasteiger charge is -2.06. The number of carbonyl (C=O) groups excluding carboxylic acids is 1. The zero-order valence-electron chi connectivity index (χ0n) is 8.95. The largest absolute Gasteiger partial charge is 0.466 e. The Labute approximate surface area is 88.6 Å². The summed E-state index contributed by atoms with van der Waals surface area (Å²) >= 11 is 0. The van der Waals surface area contributed by atoms with E-state index in [2.05, 4.69) is 19.3 Å². The van der Waals surface area contributed by atoms with Gasteiger partial charge in [0.15, 0.2) is 0 Å². The van der Waals surface area contributed by atoms with E-state index in [9.17, 15) is 4.79 Å². The van der Waals surface area contributed by atoms with Gasteiger partial charge >= 0.3 is 0 Å². The summed E-state index contributed by atoms with van der Waals surface area (Å²) in [5, 5.41) is 0. The van der Waals surface area contributed by atoms with Crippen molar-refractivity contribution in [3.8, 4) is 0 Å². The molecular weight excluding hydrogens is 196 g/mol. The predicted molar refractivity (Wildman–Crippen MR) is 54.9 cm³/mol. The van der Waals surface area contributed by atoms with Crippen LogP contribution in [-0.4, -0.2) is 12.5 Å². The Bertz CT molecular complexity index is 320. The van der Waals surface area contributed by atoms with E-state index in [0.717, 1.165) is 0 Å². The molecule has 1 aromatic rings. The second-order valence-corrected chi connectivity index (χ2v) is 3.64. The Kier molecular flexibility index (Phi) is 4.33. The normalized spacial score (nSPS) is 10.7. The van der Waals surface area contributed by atoms with Gasteiger partial charge in [0.25, 0.3) is 5.91 Å². The molecule has 0 spiro atoms. The maximum atomic E-state index is 11.2. The molecule has 5 heteroatoms. The number of ether oxygens (including phenoxy) is 1. The molecule has 1 heterocycles. The van der Waals surface area contributed by atoms with Crippen molar-refractivity contribution in [3.63, 3.8) is 0 Å². The Hall–Kier alpha value is -1.33. The van der Waals surface area contributed by atoms with Crippen LogP contribution in [0.5, 0.6) is 0 Å². The zero-order chi connectivity index (χ0) is 11.3. The van der Waals surface area contributed by atoms with E-state index in [1.54, 1.807) is 6.07 Å². The number of hydrogen-bond acceptors (Lipinski definition) is 4. The highest BCUT2D eigenvalue weighted by atomic mass is 16.5. The number of hydrazine groups is 1. The van der Waals surface area contributed by atoms with Crippen LogP contribution in [0.1, 0.15) is 30.0 Å². The van der Waals surface area contributed by atoms with Crippen LogP contribution in [0.3, 0.4) is 0 Å². The van der Waals surface area contributed by atoms with Crippen LogP contribution in [0.2, 0.25) is 0 Å². The molecule has 1 aromatic heterocycles. The third kappa shape index (κ3) is 3.38. The highest BCUT2D eigenvalue weighted by Crippen LogP contribution is 2.12. The lowest BCUT2D eigenvalue weighted by molar-refractivity contribution is 0.0813. The van der Waals surface area contributed by atoms with Crippen molar-refractivity contribution in [2.24, 2.45) is 11.8 Å². The standard InChI is InChI=1S/C10H16N2O3/c1-7(2)5-14-6-9-8(3-4-15-9)10(13)12-11/h3-4,7H,5-6,11H2,1-2H3,(H,12,13). The van der Waals surface area contributed by atoms with Gasteiger partial charge in [-0.3, -0.25) is 10.2 Å². The molecule has 0 aliphatic heterocycles. The van der Waals surface area contributed by atoms with Crippen LogP contribution in [0.15, 0.2) is 16.7 Å². The minimum Gasteiger partial charge on any atom is -0.466 e. The molecule has 0 aliphatic rings. The molecule has 15 heavy (non-hydrogen) atoms. The van der Waals surface area contributed by atoms with Crippen molar-refractivity contribution in [3.05, 3.63) is 23.7 Å². The molecule has 84 valence electrons.